The number of hydrogen-bond donors (Lipinski definition) is 1. The van der Waals surface area contributed by atoms with Crippen molar-refractivity contribution in [3.8, 4) is 11.5 Å². The molecule has 5 heteroatoms. The molecule has 0 bridgehead atoms. The van der Waals surface area contributed by atoms with Crippen molar-refractivity contribution >= 4 is 11.6 Å². The summed E-state index contributed by atoms with van der Waals surface area (Å²) < 4.78 is 16.6. The molecule has 0 saturated carbocycles. The molecule has 0 aliphatic carbocycles. The maximum absolute atomic E-state index is 6.14. The Hall–Kier alpha value is -0.970. The molecular weight excluding hydrogens is 290 g/mol. The van der Waals surface area contributed by atoms with E-state index in [-0.39, 0.29) is 0 Å². The molecule has 1 aromatic carbocycles. The van der Waals surface area contributed by atoms with Crippen LogP contribution in [0.2, 0.25) is 5.02 Å². The van der Waals surface area contributed by atoms with Crippen molar-refractivity contribution in [3.05, 3.63) is 22.7 Å². The Balaban J connectivity index is 2.76. The third kappa shape index (κ3) is 6.55. The van der Waals surface area contributed by atoms with Gasteiger partial charge in [-0.25, -0.2) is 0 Å². The van der Waals surface area contributed by atoms with Gasteiger partial charge in [0, 0.05) is 48.9 Å². The second kappa shape index (κ2) is 9.87. The molecule has 0 unspecified atom stereocenters. The maximum Gasteiger partial charge on any atom is 0.165 e. The van der Waals surface area contributed by atoms with E-state index in [1.807, 2.05) is 13.0 Å². The second-order valence-electron chi connectivity index (χ2n) is 5.03. The number of rotatable bonds is 10. The van der Waals surface area contributed by atoms with E-state index in [1.165, 1.54) is 0 Å². The molecule has 1 rings (SSSR count). The van der Waals surface area contributed by atoms with E-state index in [2.05, 4.69) is 19.2 Å². The van der Waals surface area contributed by atoms with Crippen LogP contribution in [0.1, 0.15) is 32.8 Å². The summed E-state index contributed by atoms with van der Waals surface area (Å²) in [6.45, 7) is 8.90. The van der Waals surface area contributed by atoms with Crippen LogP contribution >= 0.6 is 11.6 Å². The molecule has 0 spiro atoms. The molecule has 120 valence electrons. The third-order valence-electron chi connectivity index (χ3n) is 2.90. The number of methoxy groups -OCH3 is 1. The molecule has 0 aliphatic heterocycles. The quantitative estimate of drug-likeness (QED) is 0.669. The third-order valence-corrected chi connectivity index (χ3v) is 3.12. The van der Waals surface area contributed by atoms with Gasteiger partial charge in [0.15, 0.2) is 11.5 Å². The predicted molar refractivity (Wildman–Crippen MR) is 86.6 cm³/mol. The molecule has 0 amide bonds. The largest absolute Gasteiger partial charge is 0.493 e. The first kappa shape index (κ1) is 18.1. The molecule has 1 aromatic rings. The monoisotopic (exact) mass is 315 g/mol. The highest BCUT2D eigenvalue weighted by Gasteiger charge is 2.13. The first-order valence-corrected chi connectivity index (χ1v) is 7.76. The fraction of sp³-hybridized carbons (Fsp3) is 0.625. The Morgan fingerprint density at radius 1 is 1.24 bits per heavy atom. The van der Waals surface area contributed by atoms with Gasteiger partial charge in [0.05, 0.1) is 13.7 Å². The van der Waals surface area contributed by atoms with Crippen LogP contribution in [0.4, 0.5) is 0 Å². The zero-order valence-corrected chi connectivity index (χ0v) is 14.1. The molecule has 0 aliphatic rings. The predicted octanol–water partition coefficient (Wildman–Crippen LogP) is 3.65. The van der Waals surface area contributed by atoms with Crippen LogP contribution in [0.15, 0.2) is 12.1 Å². The SMILES string of the molecule is CCOCCCOc1c(CNC(C)C)cc(Cl)cc1OC. The minimum atomic E-state index is 0.390. The lowest BCUT2D eigenvalue weighted by Crippen LogP contribution is -2.22. The van der Waals surface area contributed by atoms with Gasteiger partial charge in [0.2, 0.25) is 0 Å². The Labute approximate surface area is 132 Å². The Kier molecular flexibility index (Phi) is 8.50. The topological polar surface area (TPSA) is 39.7 Å². The van der Waals surface area contributed by atoms with Crippen LogP contribution in [0, 0.1) is 0 Å². The fourth-order valence-corrected chi connectivity index (χ4v) is 2.09. The Bertz CT molecular complexity index is 424. The van der Waals surface area contributed by atoms with E-state index in [0.717, 1.165) is 24.3 Å². The number of benzene rings is 1. The van der Waals surface area contributed by atoms with Crippen LogP contribution < -0.4 is 14.8 Å². The molecule has 0 radical (unpaired) electrons. The highest BCUT2D eigenvalue weighted by atomic mass is 35.5. The van der Waals surface area contributed by atoms with Crippen LogP contribution in [0.25, 0.3) is 0 Å². The van der Waals surface area contributed by atoms with Gasteiger partial charge < -0.3 is 19.5 Å². The van der Waals surface area contributed by atoms with Gasteiger partial charge in [-0.05, 0) is 13.0 Å². The van der Waals surface area contributed by atoms with Crippen molar-refractivity contribution in [1.29, 1.82) is 0 Å². The van der Waals surface area contributed by atoms with Crippen molar-refractivity contribution in [3.63, 3.8) is 0 Å². The fourth-order valence-electron chi connectivity index (χ4n) is 1.86. The molecule has 4 nitrogen and oxygen atoms in total. The van der Waals surface area contributed by atoms with E-state index >= 15 is 0 Å². The summed E-state index contributed by atoms with van der Waals surface area (Å²) in [4.78, 5) is 0. The highest BCUT2D eigenvalue weighted by molar-refractivity contribution is 6.30. The van der Waals surface area contributed by atoms with E-state index in [9.17, 15) is 0 Å². The van der Waals surface area contributed by atoms with E-state index < -0.39 is 0 Å². The molecule has 0 aromatic heterocycles. The van der Waals surface area contributed by atoms with Crippen molar-refractivity contribution in [2.75, 3.05) is 26.9 Å². The zero-order valence-electron chi connectivity index (χ0n) is 13.4. The van der Waals surface area contributed by atoms with Gasteiger partial charge in [-0.3, -0.25) is 0 Å². The normalized spacial score (nSPS) is 11.0. The molecular formula is C16H26ClNO3. The van der Waals surface area contributed by atoms with Crippen LogP contribution in [0.3, 0.4) is 0 Å². The van der Waals surface area contributed by atoms with Gasteiger partial charge in [-0.15, -0.1) is 0 Å². The van der Waals surface area contributed by atoms with Gasteiger partial charge in [-0.2, -0.15) is 0 Å². The minimum Gasteiger partial charge on any atom is -0.493 e. The Morgan fingerprint density at radius 2 is 2.00 bits per heavy atom. The summed E-state index contributed by atoms with van der Waals surface area (Å²) in [5.41, 5.74) is 1.00. The lowest BCUT2D eigenvalue weighted by atomic mass is 10.1. The molecule has 0 fully saturated rings. The van der Waals surface area contributed by atoms with E-state index in [4.69, 9.17) is 25.8 Å². The molecule has 21 heavy (non-hydrogen) atoms. The number of hydrogen-bond acceptors (Lipinski definition) is 4. The van der Waals surface area contributed by atoms with Crippen molar-refractivity contribution in [2.24, 2.45) is 0 Å². The molecule has 0 heterocycles. The molecule has 0 saturated heterocycles. The number of ether oxygens (including phenoxy) is 3. The van der Waals surface area contributed by atoms with Crippen molar-refractivity contribution < 1.29 is 14.2 Å². The lowest BCUT2D eigenvalue weighted by Gasteiger charge is -2.17. The zero-order chi connectivity index (χ0) is 15.7. The second-order valence-corrected chi connectivity index (χ2v) is 5.47. The smallest absolute Gasteiger partial charge is 0.165 e. The van der Waals surface area contributed by atoms with Gasteiger partial charge in [-0.1, -0.05) is 25.4 Å². The number of halogens is 1. The Morgan fingerprint density at radius 3 is 2.62 bits per heavy atom. The highest BCUT2D eigenvalue weighted by Crippen LogP contribution is 2.34. The van der Waals surface area contributed by atoms with Gasteiger partial charge >= 0.3 is 0 Å². The van der Waals surface area contributed by atoms with Crippen molar-refractivity contribution in [2.45, 2.75) is 39.8 Å². The molecule has 0 atom stereocenters. The summed E-state index contributed by atoms with van der Waals surface area (Å²) in [7, 11) is 1.62. The lowest BCUT2D eigenvalue weighted by molar-refractivity contribution is 0.130. The van der Waals surface area contributed by atoms with Gasteiger partial charge in [0.1, 0.15) is 0 Å². The van der Waals surface area contributed by atoms with Crippen molar-refractivity contribution in [1.82, 2.24) is 5.32 Å². The van der Waals surface area contributed by atoms with Gasteiger partial charge in [0.25, 0.3) is 0 Å². The maximum atomic E-state index is 6.14. The summed E-state index contributed by atoms with van der Waals surface area (Å²) in [6, 6.07) is 4.08. The average molecular weight is 316 g/mol. The molecule has 1 N–H and O–H groups in total. The van der Waals surface area contributed by atoms with Crippen LogP contribution in [-0.4, -0.2) is 33.0 Å². The average Bonchev–Trinajstić information content (AvgIpc) is 2.45. The minimum absolute atomic E-state index is 0.390. The first-order valence-electron chi connectivity index (χ1n) is 7.38. The standard InChI is InChI=1S/C16H26ClNO3/c1-5-20-7-6-8-21-16-13(11-18-12(2)3)9-14(17)10-15(16)19-4/h9-10,12,18H,5-8,11H2,1-4H3. The summed E-state index contributed by atoms with van der Waals surface area (Å²) in [6.07, 6.45) is 0.844. The van der Waals surface area contributed by atoms with Crippen LogP contribution in [-0.2, 0) is 11.3 Å². The first-order chi connectivity index (χ1) is 10.1. The van der Waals surface area contributed by atoms with Crippen LogP contribution in [0.5, 0.6) is 11.5 Å². The summed E-state index contributed by atoms with van der Waals surface area (Å²) in [5.74, 6) is 1.42. The summed E-state index contributed by atoms with van der Waals surface area (Å²) >= 11 is 6.14. The van der Waals surface area contributed by atoms with E-state index in [0.29, 0.717) is 36.6 Å². The number of nitrogens with one attached hydrogen (secondary N) is 1. The summed E-state index contributed by atoms with van der Waals surface area (Å²) in [5, 5.41) is 4.02. The van der Waals surface area contributed by atoms with E-state index in [1.54, 1.807) is 13.2 Å².